The summed E-state index contributed by atoms with van der Waals surface area (Å²) in [5, 5.41) is 3.57. The maximum Gasteiger partial charge on any atom is 0.162 e. The van der Waals surface area contributed by atoms with E-state index >= 15 is 0 Å². The molecule has 2 aromatic carbocycles. The van der Waals surface area contributed by atoms with Crippen molar-refractivity contribution in [1.82, 2.24) is 5.32 Å². The second-order valence-electron chi connectivity index (χ2n) is 11.9. The number of methoxy groups -OCH3 is 1. The van der Waals surface area contributed by atoms with Crippen LogP contribution >= 0.6 is 0 Å². The predicted molar refractivity (Wildman–Crippen MR) is 140 cm³/mol. The number of benzene rings is 2. The molecule has 0 amide bonds. The number of ketones is 2. The zero-order valence-electron chi connectivity index (χ0n) is 21.9. The average molecular weight is 486 g/mol. The molecule has 0 atom stereocenters. The Labute approximate surface area is 213 Å². The number of carbonyl (C=O) groups excluding carboxylic acids is 2. The van der Waals surface area contributed by atoms with Crippen molar-refractivity contribution in [1.29, 1.82) is 0 Å². The van der Waals surface area contributed by atoms with Crippen LogP contribution in [0.4, 0.5) is 0 Å². The van der Waals surface area contributed by atoms with Crippen LogP contribution in [0.15, 0.2) is 71.1 Å². The summed E-state index contributed by atoms with van der Waals surface area (Å²) in [6, 6.07) is 15.8. The zero-order chi connectivity index (χ0) is 25.7. The zero-order valence-corrected chi connectivity index (χ0v) is 21.9. The maximum absolute atomic E-state index is 13.6. The monoisotopic (exact) mass is 485 g/mol. The van der Waals surface area contributed by atoms with Crippen LogP contribution in [-0.2, 0) is 16.2 Å². The van der Waals surface area contributed by atoms with Crippen LogP contribution in [0.25, 0.3) is 0 Å². The van der Waals surface area contributed by atoms with Crippen LogP contribution < -0.4 is 14.8 Å². The van der Waals surface area contributed by atoms with Gasteiger partial charge >= 0.3 is 0 Å². The molecule has 3 aliphatic rings. The number of rotatable bonds is 5. The number of ether oxygens (including phenoxy) is 2. The lowest BCUT2D eigenvalue weighted by Crippen LogP contribution is -2.42. The van der Waals surface area contributed by atoms with Gasteiger partial charge < -0.3 is 14.8 Å². The van der Waals surface area contributed by atoms with Gasteiger partial charge in [0.25, 0.3) is 0 Å². The highest BCUT2D eigenvalue weighted by molar-refractivity contribution is 6.06. The Morgan fingerprint density at radius 2 is 1.39 bits per heavy atom. The minimum atomic E-state index is -0.395. The molecule has 2 aliphatic carbocycles. The quantitative estimate of drug-likeness (QED) is 0.543. The molecule has 2 aromatic rings. The molecule has 0 bridgehead atoms. The Hall–Kier alpha value is -3.34. The number of hydrogen-bond acceptors (Lipinski definition) is 5. The number of Topliss-reactive ketones (excluding diaryl/α,β-unsaturated/α-hetero) is 2. The molecular weight excluding hydrogens is 450 g/mol. The van der Waals surface area contributed by atoms with Gasteiger partial charge in [-0.1, -0.05) is 64.1 Å². The number of nitrogens with one attached hydrogen (secondary N) is 1. The first-order chi connectivity index (χ1) is 17.1. The fourth-order valence-electron chi connectivity index (χ4n) is 5.94. The fraction of sp³-hybridized carbons (Fsp3) is 0.419. The molecule has 0 spiro atoms. The smallest absolute Gasteiger partial charge is 0.162 e. The van der Waals surface area contributed by atoms with Gasteiger partial charge in [-0.25, -0.2) is 0 Å². The third-order valence-electron chi connectivity index (χ3n) is 7.48. The van der Waals surface area contributed by atoms with E-state index in [0.717, 1.165) is 46.5 Å². The van der Waals surface area contributed by atoms with Gasteiger partial charge in [0.05, 0.1) is 7.11 Å². The lowest BCUT2D eigenvalue weighted by atomic mass is 9.64. The van der Waals surface area contributed by atoms with Crippen LogP contribution in [0.5, 0.6) is 11.5 Å². The van der Waals surface area contributed by atoms with Crippen molar-refractivity contribution in [2.75, 3.05) is 7.11 Å². The van der Waals surface area contributed by atoms with Crippen molar-refractivity contribution in [2.24, 2.45) is 10.8 Å². The normalized spacial score (nSPS) is 21.0. The van der Waals surface area contributed by atoms with Crippen LogP contribution in [-0.4, -0.2) is 18.7 Å². The second-order valence-corrected chi connectivity index (χ2v) is 11.9. The molecule has 36 heavy (non-hydrogen) atoms. The molecule has 0 aromatic heterocycles. The van der Waals surface area contributed by atoms with Crippen LogP contribution in [0.1, 0.15) is 70.4 Å². The molecule has 0 fully saturated rings. The number of carbonyl (C=O) groups is 2. The summed E-state index contributed by atoms with van der Waals surface area (Å²) >= 11 is 0. The standard InChI is InChI=1S/C31H35NO4/c1-30(2)14-21-28(23(33)16-30)27(29-22(32-21)15-31(3,4)17-24(29)34)20-11-12-25(35-5)26(13-20)36-18-19-9-7-6-8-10-19/h6-13,27,32H,14-18H2,1-5H3. The highest BCUT2D eigenvalue weighted by atomic mass is 16.5. The van der Waals surface area contributed by atoms with E-state index in [0.29, 0.717) is 30.9 Å². The summed E-state index contributed by atoms with van der Waals surface area (Å²) < 4.78 is 11.8. The van der Waals surface area contributed by atoms with Gasteiger partial charge in [0.1, 0.15) is 6.61 Å². The van der Waals surface area contributed by atoms with Gasteiger partial charge in [-0.15, -0.1) is 0 Å². The molecular formula is C31H35NO4. The van der Waals surface area contributed by atoms with E-state index in [-0.39, 0.29) is 22.4 Å². The highest BCUT2D eigenvalue weighted by Gasteiger charge is 2.46. The first-order valence-corrected chi connectivity index (χ1v) is 12.7. The van der Waals surface area contributed by atoms with Gasteiger partial charge in [0, 0.05) is 41.3 Å². The molecule has 5 heteroatoms. The van der Waals surface area contributed by atoms with Crippen LogP contribution in [0.3, 0.4) is 0 Å². The van der Waals surface area contributed by atoms with Gasteiger partial charge in [-0.3, -0.25) is 9.59 Å². The molecule has 1 heterocycles. The van der Waals surface area contributed by atoms with Crippen molar-refractivity contribution >= 4 is 11.6 Å². The molecule has 1 aliphatic heterocycles. The largest absolute Gasteiger partial charge is 0.493 e. The molecule has 0 radical (unpaired) electrons. The first kappa shape index (κ1) is 24.4. The Kier molecular flexibility index (Phi) is 6.06. The van der Waals surface area contributed by atoms with E-state index in [1.807, 2.05) is 48.5 Å². The lowest BCUT2D eigenvalue weighted by Gasteiger charge is -2.44. The third kappa shape index (κ3) is 4.59. The summed E-state index contributed by atoms with van der Waals surface area (Å²) in [6.07, 6.45) is 2.51. The molecule has 0 saturated carbocycles. The summed E-state index contributed by atoms with van der Waals surface area (Å²) in [4.78, 5) is 27.1. The molecule has 1 N–H and O–H groups in total. The van der Waals surface area contributed by atoms with E-state index in [1.165, 1.54) is 0 Å². The summed E-state index contributed by atoms with van der Waals surface area (Å²) in [5.74, 6) is 1.07. The highest BCUT2D eigenvalue weighted by Crippen LogP contribution is 2.51. The molecule has 0 unspecified atom stereocenters. The first-order valence-electron chi connectivity index (χ1n) is 12.7. The average Bonchev–Trinajstić information content (AvgIpc) is 2.80. The number of dihydropyridines is 1. The van der Waals surface area contributed by atoms with Crippen molar-refractivity contribution in [3.05, 3.63) is 82.2 Å². The van der Waals surface area contributed by atoms with Crippen LogP contribution in [0.2, 0.25) is 0 Å². The van der Waals surface area contributed by atoms with Gasteiger partial charge in [-0.05, 0) is 46.9 Å². The fourth-order valence-corrected chi connectivity index (χ4v) is 5.94. The minimum Gasteiger partial charge on any atom is -0.493 e. The Bertz CT molecular complexity index is 1230. The molecule has 5 rings (SSSR count). The van der Waals surface area contributed by atoms with Crippen molar-refractivity contribution < 1.29 is 19.1 Å². The minimum absolute atomic E-state index is 0.116. The Balaban J connectivity index is 1.60. The Morgan fingerprint density at radius 1 is 0.806 bits per heavy atom. The number of hydrogen-bond donors (Lipinski definition) is 1. The van der Waals surface area contributed by atoms with Crippen molar-refractivity contribution in [2.45, 2.75) is 65.9 Å². The van der Waals surface area contributed by atoms with Crippen LogP contribution in [0, 0.1) is 10.8 Å². The van der Waals surface area contributed by atoms with E-state index in [9.17, 15) is 9.59 Å². The van der Waals surface area contributed by atoms with E-state index in [4.69, 9.17) is 9.47 Å². The number of allylic oxidation sites excluding steroid dienone is 4. The SMILES string of the molecule is COc1ccc(C2C3=C(CC(C)(C)CC3=O)NC3=C2C(=O)CC(C)(C)C3)cc1OCc1ccccc1. The molecule has 0 saturated heterocycles. The predicted octanol–water partition coefficient (Wildman–Crippen LogP) is 6.25. The van der Waals surface area contributed by atoms with E-state index in [2.05, 4.69) is 33.0 Å². The summed E-state index contributed by atoms with van der Waals surface area (Å²) in [6.45, 7) is 8.93. The summed E-state index contributed by atoms with van der Waals surface area (Å²) in [5.41, 5.74) is 5.10. The summed E-state index contributed by atoms with van der Waals surface area (Å²) in [7, 11) is 1.62. The Morgan fingerprint density at radius 3 is 1.94 bits per heavy atom. The second kappa shape index (κ2) is 8.95. The van der Waals surface area contributed by atoms with Crippen molar-refractivity contribution in [3.63, 3.8) is 0 Å². The van der Waals surface area contributed by atoms with Crippen molar-refractivity contribution in [3.8, 4) is 11.5 Å². The van der Waals surface area contributed by atoms with Gasteiger partial charge in [0.2, 0.25) is 0 Å². The lowest BCUT2D eigenvalue weighted by molar-refractivity contribution is -0.119. The molecule has 188 valence electrons. The third-order valence-corrected chi connectivity index (χ3v) is 7.48. The van der Waals surface area contributed by atoms with Gasteiger partial charge in [-0.2, -0.15) is 0 Å². The van der Waals surface area contributed by atoms with E-state index in [1.54, 1.807) is 7.11 Å². The van der Waals surface area contributed by atoms with E-state index < -0.39 is 5.92 Å². The molecule has 5 nitrogen and oxygen atoms in total. The maximum atomic E-state index is 13.6. The van der Waals surface area contributed by atoms with Gasteiger partial charge in [0.15, 0.2) is 23.1 Å². The topological polar surface area (TPSA) is 64.6 Å².